The van der Waals surface area contributed by atoms with Crippen LogP contribution in [0.4, 0.5) is 10.1 Å². The van der Waals surface area contributed by atoms with Crippen molar-refractivity contribution in [1.82, 2.24) is 5.32 Å². The lowest BCUT2D eigenvalue weighted by Gasteiger charge is -2.19. The molecule has 116 valence electrons. The first kappa shape index (κ1) is 15.4. The molecule has 2 N–H and O–H groups in total. The second kappa shape index (κ2) is 6.75. The highest BCUT2D eigenvalue weighted by Crippen LogP contribution is 2.24. The van der Waals surface area contributed by atoms with E-state index in [1.807, 2.05) is 18.2 Å². The molecule has 1 atom stereocenters. The van der Waals surface area contributed by atoms with Crippen LogP contribution in [0.25, 0.3) is 10.8 Å². The van der Waals surface area contributed by atoms with Gasteiger partial charge in [-0.2, -0.15) is 0 Å². The van der Waals surface area contributed by atoms with E-state index in [2.05, 4.69) is 41.8 Å². The van der Waals surface area contributed by atoms with Gasteiger partial charge in [0.05, 0.1) is 6.04 Å². The summed E-state index contributed by atoms with van der Waals surface area (Å²) in [5, 5.41) is 9.13. The van der Waals surface area contributed by atoms with Crippen molar-refractivity contribution in [2.75, 3.05) is 5.32 Å². The smallest absolute Gasteiger partial charge is 0.171 e. The first-order valence-electron chi connectivity index (χ1n) is 7.44. The van der Waals surface area contributed by atoms with Crippen molar-refractivity contribution in [3.05, 3.63) is 78.1 Å². The number of thiocarbonyl (C=S) groups is 1. The van der Waals surface area contributed by atoms with Crippen LogP contribution in [-0.2, 0) is 0 Å². The van der Waals surface area contributed by atoms with Crippen LogP contribution in [0.3, 0.4) is 0 Å². The zero-order valence-electron chi connectivity index (χ0n) is 12.7. The van der Waals surface area contributed by atoms with Crippen LogP contribution >= 0.6 is 12.2 Å². The van der Waals surface area contributed by atoms with Crippen molar-refractivity contribution in [3.8, 4) is 0 Å². The second-order valence-electron chi connectivity index (χ2n) is 5.40. The van der Waals surface area contributed by atoms with Gasteiger partial charge < -0.3 is 10.6 Å². The van der Waals surface area contributed by atoms with Crippen molar-refractivity contribution in [2.45, 2.75) is 13.0 Å². The maximum atomic E-state index is 13.2. The molecule has 23 heavy (non-hydrogen) atoms. The molecule has 0 fully saturated rings. The van der Waals surface area contributed by atoms with Crippen molar-refractivity contribution in [3.63, 3.8) is 0 Å². The van der Waals surface area contributed by atoms with Gasteiger partial charge in [0.15, 0.2) is 5.11 Å². The van der Waals surface area contributed by atoms with Crippen molar-refractivity contribution in [1.29, 1.82) is 0 Å². The SMILES string of the molecule is C[C@H](NC(=S)Nc1cccc(F)c1)c1cccc2ccccc12. The standard InChI is InChI=1S/C19H17FN2S/c1-13(17-11-4-7-14-6-2-3-10-18(14)17)21-19(23)22-16-9-5-8-15(20)12-16/h2-13H,1H3,(H2,21,22,23)/t13-/m0/s1. The van der Waals surface area contributed by atoms with E-state index in [0.717, 1.165) is 0 Å². The number of hydrogen-bond donors (Lipinski definition) is 2. The second-order valence-corrected chi connectivity index (χ2v) is 5.81. The van der Waals surface area contributed by atoms with Gasteiger partial charge in [-0.25, -0.2) is 4.39 Å². The molecule has 0 aromatic heterocycles. The van der Waals surface area contributed by atoms with Gasteiger partial charge in [-0.05, 0) is 53.7 Å². The number of anilines is 1. The third-order valence-electron chi connectivity index (χ3n) is 3.72. The van der Waals surface area contributed by atoms with Crippen LogP contribution in [0.15, 0.2) is 66.7 Å². The molecule has 3 aromatic rings. The molecule has 0 spiro atoms. The molecule has 0 amide bonds. The van der Waals surface area contributed by atoms with Gasteiger partial charge in [0.2, 0.25) is 0 Å². The lowest BCUT2D eigenvalue weighted by atomic mass is 10.00. The molecule has 4 heteroatoms. The van der Waals surface area contributed by atoms with E-state index in [0.29, 0.717) is 10.8 Å². The maximum Gasteiger partial charge on any atom is 0.171 e. The quantitative estimate of drug-likeness (QED) is 0.661. The molecule has 0 aliphatic carbocycles. The Bertz CT molecular complexity index is 842. The molecular formula is C19H17FN2S. The van der Waals surface area contributed by atoms with Crippen LogP contribution in [0, 0.1) is 5.82 Å². The number of fused-ring (bicyclic) bond motifs is 1. The molecule has 0 saturated heterocycles. The maximum absolute atomic E-state index is 13.2. The molecule has 0 heterocycles. The van der Waals surface area contributed by atoms with Crippen LogP contribution in [0.1, 0.15) is 18.5 Å². The third kappa shape index (κ3) is 3.66. The highest BCUT2D eigenvalue weighted by molar-refractivity contribution is 7.80. The van der Waals surface area contributed by atoms with E-state index in [1.54, 1.807) is 12.1 Å². The van der Waals surface area contributed by atoms with Crippen LogP contribution in [0.5, 0.6) is 0 Å². The molecule has 3 aromatic carbocycles. The number of halogens is 1. The minimum Gasteiger partial charge on any atom is -0.356 e. The molecule has 0 radical (unpaired) electrons. The highest BCUT2D eigenvalue weighted by Gasteiger charge is 2.10. The first-order chi connectivity index (χ1) is 11.1. The molecule has 2 nitrogen and oxygen atoms in total. The average molecular weight is 324 g/mol. The summed E-state index contributed by atoms with van der Waals surface area (Å²) in [4.78, 5) is 0. The van der Waals surface area contributed by atoms with E-state index in [4.69, 9.17) is 12.2 Å². The lowest BCUT2D eigenvalue weighted by molar-refractivity contribution is 0.628. The number of benzene rings is 3. The monoisotopic (exact) mass is 324 g/mol. The summed E-state index contributed by atoms with van der Waals surface area (Å²) < 4.78 is 13.2. The molecular weight excluding hydrogens is 307 g/mol. The van der Waals surface area contributed by atoms with E-state index >= 15 is 0 Å². The van der Waals surface area contributed by atoms with Gasteiger partial charge in [-0.15, -0.1) is 0 Å². The fourth-order valence-electron chi connectivity index (χ4n) is 2.64. The fourth-order valence-corrected chi connectivity index (χ4v) is 2.93. The minimum atomic E-state index is -0.292. The summed E-state index contributed by atoms with van der Waals surface area (Å²) in [5.41, 5.74) is 1.80. The largest absolute Gasteiger partial charge is 0.356 e. The summed E-state index contributed by atoms with van der Waals surface area (Å²) in [6, 6.07) is 20.8. The van der Waals surface area contributed by atoms with Gasteiger partial charge in [-0.3, -0.25) is 0 Å². The minimum absolute atomic E-state index is 0.0367. The number of nitrogens with one attached hydrogen (secondary N) is 2. The Morgan fingerprint density at radius 1 is 1.00 bits per heavy atom. The Balaban J connectivity index is 1.75. The molecule has 0 bridgehead atoms. The van der Waals surface area contributed by atoms with Crippen LogP contribution in [-0.4, -0.2) is 5.11 Å². The number of rotatable bonds is 3. The topological polar surface area (TPSA) is 24.1 Å². The predicted octanol–water partition coefficient (Wildman–Crippen LogP) is 5.03. The Kier molecular flexibility index (Phi) is 4.53. The van der Waals surface area contributed by atoms with Gasteiger partial charge in [-0.1, -0.05) is 48.5 Å². The zero-order chi connectivity index (χ0) is 16.2. The van der Waals surface area contributed by atoms with Gasteiger partial charge in [0, 0.05) is 5.69 Å². The average Bonchev–Trinajstić information content (AvgIpc) is 2.54. The van der Waals surface area contributed by atoms with Crippen LogP contribution < -0.4 is 10.6 Å². The predicted molar refractivity (Wildman–Crippen MR) is 98.1 cm³/mol. The van der Waals surface area contributed by atoms with Gasteiger partial charge >= 0.3 is 0 Å². The molecule has 0 saturated carbocycles. The van der Waals surface area contributed by atoms with Crippen molar-refractivity contribution >= 4 is 33.8 Å². The first-order valence-corrected chi connectivity index (χ1v) is 7.85. The third-order valence-corrected chi connectivity index (χ3v) is 3.94. The van der Waals surface area contributed by atoms with E-state index < -0.39 is 0 Å². The fraction of sp³-hybridized carbons (Fsp3) is 0.105. The number of hydrogen-bond acceptors (Lipinski definition) is 1. The summed E-state index contributed by atoms with van der Waals surface area (Å²) in [6.45, 7) is 2.06. The summed E-state index contributed by atoms with van der Waals surface area (Å²) in [5.74, 6) is -0.292. The normalized spacial score (nSPS) is 11.9. The Hall–Kier alpha value is -2.46. The van der Waals surface area contributed by atoms with Gasteiger partial charge in [0.25, 0.3) is 0 Å². The van der Waals surface area contributed by atoms with E-state index in [1.165, 1.54) is 28.5 Å². The Morgan fingerprint density at radius 3 is 2.57 bits per heavy atom. The van der Waals surface area contributed by atoms with E-state index in [9.17, 15) is 4.39 Å². The van der Waals surface area contributed by atoms with Crippen LogP contribution in [0.2, 0.25) is 0 Å². The Labute approximate surface area is 140 Å². The lowest BCUT2D eigenvalue weighted by Crippen LogP contribution is -2.31. The van der Waals surface area contributed by atoms with Gasteiger partial charge in [0.1, 0.15) is 5.82 Å². The molecule has 0 unspecified atom stereocenters. The summed E-state index contributed by atoms with van der Waals surface area (Å²) in [7, 11) is 0. The molecule has 0 aliphatic heterocycles. The van der Waals surface area contributed by atoms with E-state index in [-0.39, 0.29) is 11.9 Å². The molecule has 3 rings (SSSR count). The summed E-state index contributed by atoms with van der Waals surface area (Å²) in [6.07, 6.45) is 0. The summed E-state index contributed by atoms with van der Waals surface area (Å²) >= 11 is 5.33. The van der Waals surface area contributed by atoms with Crippen molar-refractivity contribution in [2.24, 2.45) is 0 Å². The molecule has 0 aliphatic rings. The highest BCUT2D eigenvalue weighted by atomic mass is 32.1. The Morgan fingerprint density at radius 2 is 1.74 bits per heavy atom. The van der Waals surface area contributed by atoms with Crippen molar-refractivity contribution < 1.29 is 4.39 Å². The zero-order valence-corrected chi connectivity index (χ0v) is 13.5.